The standard InChI is InChI=1S/C14H17NO2/c1-11-6-5-9-15(10-11)14(17)13(16)12-7-3-2-4-8-12/h2-4,7-8,11H,5-6,9-10H2,1H3. The summed E-state index contributed by atoms with van der Waals surface area (Å²) in [5.41, 5.74) is 0.482. The first-order valence-electron chi connectivity index (χ1n) is 6.07. The molecule has 1 aliphatic heterocycles. The molecule has 1 aromatic carbocycles. The van der Waals surface area contributed by atoms with Gasteiger partial charge in [0, 0.05) is 18.7 Å². The van der Waals surface area contributed by atoms with Crippen molar-refractivity contribution in [3.8, 4) is 0 Å². The first-order valence-corrected chi connectivity index (χ1v) is 6.07. The van der Waals surface area contributed by atoms with Crippen LogP contribution >= 0.6 is 0 Å². The van der Waals surface area contributed by atoms with Crippen molar-refractivity contribution in [1.82, 2.24) is 4.90 Å². The number of Topliss-reactive ketones (excluding diaryl/α,β-unsaturated/α-hetero) is 1. The van der Waals surface area contributed by atoms with Gasteiger partial charge in [-0.1, -0.05) is 37.3 Å². The molecule has 0 saturated carbocycles. The van der Waals surface area contributed by atoms with E-state index in [0.29, 0.717) is 24.6 Å². The first-order chi connectivity index (χ1) is 8.18. The Balaban J connectivity index is 2.07. The van der Waals surface area contributed by atoms with E-state index in [2.05, 4.69) is 6.92 Å². The summed E-state index contributed by atoms with van der Waals surface area (Å²) >= 11 is 0. The molecule has 1 aliphatic rings. The van der Waals surface area contributed by atoms with Crippen LogP contribution in [-0.4, -0.2) is 29.7 Å². The molecular weight excluding hydrogens is 214 g/mol. The Kier molecular flexibility index (Phi) is 3.57. The topological polar surface area (TPSA) is 37.4 Å². The van der Waals surface area contributed by atoms with Crippen LogP contribution < -0.4 is 0 Å². The molecule has 0 spiro atoms. The summed E-state index contributed by atoms with van der Waals surface area (Å²) in [7, 11) is 0. The Morgan fingerprint density at radius 3 is 2.59 bits per heavy atom. The average Bonchev–Trinajstić information content (AvgIpc) is 2.38. The maximum Gasteiger partial charge on any atom is 0.294 e. The van der Waals surface area contributed by atoms with E-state index in [1.54, 1.807) is 29.2 Å². The van der Waals surface area contributed by atoms with E-state index in [4.69, 9.17) is 0 Å². The molecular formula is C14H17NO2. The lowest BCUT2D eigenvalue weighted by atomic mass is 9.99. The number of rotatable bonds is 2. The zero-order valence-corrected chi connectivity index (χ0v) is 10.1. The van der Waals surface area contributed by atoms with Gasteiger partial charge in [0.05, 0.1) is 0 Å². The van der Waals surface area contributed by atoms with Crippen molar-refractivity contribution in [1.29, 1.82) is 0 Å². The zero-order valence-electron chi connectivity index (χ0n) is 10.1. The molecule has 3 heteroatoms. The fourth-order valence-corrected chi connectivity index (χ4v) is 2.23. The van der Waals surface area contributed by atoms with Crippen LogP contribution in [0.1, 0.15) is 30.1 Å². The Morgan fingerprint density at radius 2 is 1.94 bits per heavy atom. The lowest BCUT2D eigenvalue weighted by Crippen LogP contribution is -2.42. The van der Waals surface area contributed by atoms with E-state index < -0.39 is 0 Å². The highest BCUT2D eigenvalue weighted by Crippen LogP contribution is 2.16. The second-order valence-electron chi connectivity index (χ2n) is 4.69. The fourth-order valence-electron chi connectivity index (χ4n) is 2.23. The van der Waals surface area contributed by atoms with Crippen molar-refractivity contribution < 1.29 is 9.59 Å². The van der Waals surface area contributed by atoms with Crippen LogP contribution in [0.4, 0.5) is 0 Å². The molecule has 1 unspecified atom stereocenters. The predicted octanol–water partition coefficient (Wildman–Crippen LogP) is 2.13. The normalized spacial score (nSPS) is 20.1. The summed E-state index contributed by atoms with van der Waals surface area (Å²) in [5.74, 6) is -0.251. The zero-order chi connectivity index (χ0) is 12.3. The number of hydrogen-bond acceptors (Lipinski definition) is 2. The van der Waals surface area contributed by atoms with Gasteiger partial charge in [-0.15, -0.1) is 0 Å². The number of piperidine rings is 1. The van der Waals surface area contributed by atoms with Crippen molar-refractivity contribution in [2.45, 2.75) is 19.8 Å². The summed E-state index contributed by atoms with van der Waals surface area (Å²) in [6, 6.07) is 8.77. The quantitative estimate of drug-likeness (QED) is 0.577. The summed E-state index contributed by atoms with van der Waals surface area (Å²) in [5, 5.41) is 0. The predicted molar refractivity (Wildman–Crippen MR) is 65.8 cm³/mol. The average molecular weight is 231 g/mol. The third-order valence-electron chi connectivity index (χ3n) is 3.17. The van der Waals surface area contributed by atoms with Gasteiger partial charge in [-0.05, 0) is 18.8 Å². The molecule has 2 rings (SSSR count). The molecule has 1 saturated heterocycles. The minimum absolute atomic E-state index is 0.359. The largest absolute Gasteiger partial charge is 0.336 e. The van der Waals surface area contributed by atoms with Gasteiger partial charge in [0.2, 0.25) is 5.78 Å². The van der Waals surface area contributed by atoms with E-state index >= 15 is 0 Å². The number of likely N-dealkylation sites (tertiary alicyclic amines) is 1. The molecule has 0 bridgehead atoms. The summed E-state index contributed by atoms with van der Waals surface area (Å²) < 4.78 is 0. The van der Waals surface area contributed by atoms with Crippen LogP contribution in [0.3, 0.4) is 0 Å². The number of ketones is 1. The third-order valence-corrected chi connectivity index (χ3v) is 3.17. The molecule has 17 heavy (non-hydrogen) atoms. The lowest BCUT2D eigenvalue weighted by Gasteiger charge is -2.30. The van der Waals surface area contributed by atoms with Gasteiger partial charge < -0.3 is 4.90 Å². The van der Waals surface area contributed by atoms with Crippen LogP contribution in [0.5, 0.6) is 0 Å². The molecule has 1 heterocycles. The molecule has 1 amide bonds. The highest BCUT2D eigenvalue weighted by Gasteiger charge is 2.26. The SMILES string of the molecule is CC1CCCN(C(=O)C(=O)c2ccccc2)C1. The number of carbonyl (C=O) groups excluding carboxylic acids is 2. The van der Waals surface area contributed by atoms with Crippen molar-refractivity contribution in [2.75, 3.05) is 13.1 Å². The van der Waals surface area contributed by atoms with Gasteiger partial charge in [0.1, 0.15) is 0 Å². The van der Waals surface area contributed by atoms with Gasteiger partial charge in [-0.3, -0.25) is 9.59 Å². The van der Waals surface area contributed by atoms with Crippen molar-refractivity contribution in [3.05, 3.63) is 35.9 Å². The second kappa shape index (κ2) is 5.13. The van der Waals surface area contributed by atoms with Crippen LogP contribution in [0.2, 0.25) is 0 Å². The van der Waals surface area contributed by atoms with Crippen molar-refractivity contribution >= 4 is 11.7 Å². The molecule has 90 valence electrons. The van der Waals surface area contributed by atoms with Crippen molar-refractivity contribution in [2.24, 2.45) is 5.92 Å². The highest BCUT2D eigenvalue weighted by atomic mass is 16.2. The molecule has 0 N–H and O–H groups in total. The number of benzene rings is 1. The minimum atomic E-state index is -0.389. The van der Waals surface area contributed by atoms with Crippen LogP contribution in [0.25, 0.3) is 0 Å². The van der Waals surface area contributed by atoms with Crippen LogP contribution in [0.15, 0.2) is 30.3 Å². The number of amides is 1. The fraction of sp³-hybridized carbons (Fsp3) is 0.429. The van der Waals surface area contributed by atoms with E-state index in [-0.39, 0.29) is 11.7 Å². The summed E-state index contributed by atoms with van der Waals surface area (Å²) in [6.07, 6.45) is 2.14. The third kappa shape index (κ3) is 2.73. The summed E-state index contributed by atoms with van der Waals surface area (Å²) in [4.78, 5) is 25.7. The van der Waals surface area contributed by atoms with E-state index in [9.17, 15) is 9.59 Å². The molecule has 1 atom stereocenters. The van der Waals surface area contributed by atoms with Gasteiger partial charge in [-0.2, -0.15) is 0 Å². The first kappa shape index (κ1) is 11.8. The number of hydrogen-bond donors (Lipinski definition) is 0. The Labute approximate surface area is 101 Å². The Morgan fingerprint density at radius 1 is 1.24 bits per heavy atom. The smallest absolute Gasteiger partial charge is 0.294 e. The second-order valence-corrected chi connectivity index (χ2v) is 4.69. The van der Waals surface area contributed by atoms with Crippen LogP contribution in [0, 0.1) is 5.92 Å². The summed E-state index contributed by atoms with van der Waals surface area (Å²) in [6.45, 7) is 3.53. The molecule has 3 nitrogen and oxygen atoms in total. The number of carbonyl (C=O) groups is 2. The Hall–Kier alpha value is -1.64. The van der Waals surface area contributed by atoms with Gasteiger partial charge in [0.25, 0.3) is 5.91 Å². The monoisotopic (exact) mass is 231 g/mol. The molecule has 1 fully saturated rings. The van der Waals surface area contributed by atoms with E-state index in [1.165, 1.54) is 0 Å². The maximum absolute atomic E-state index is 12.0. The maximum atomic E-state index is 12.0. The Bertz CT molecular complexity index is 413. The van der Waals surface area contributed by atoms with Crippen molar-refractivity contribution in [3.63, 3.8) is 0 Å². The van der Waals surface area contributed by atoms with E-state index in [1.807, 2.05) is 6.07 Å². The number of nitrogens with zero attached hydrogens (tertiary/aromatic N) is 1. The van der Waals surface area contributed by atoms with Gasteiger partial charge in [0.15, 0.2) is 0 Å². The molecule has 0 aromatic heterocycles. The molecule has 0 radical (unpaired) electrons. The molecule has 1 aromatic rings. The van der Waals surface area contributed by atoms with Crippen LogP contribution in [-0.2, 0) is 4.79 Å². The molecule has 0 aliphatic carbocycles. The lowest BCUT2D eigenvalue weighted by molar-refractivity contribution is -0.128. The van der Waals surface area contributed by atoms with Gasteiger partial charge in [-0.25, -0.2) is 0 Å². The highest BCUT2D eigenvalue weighted by molar-refractivity contribution is 6.42. The minimum Gasteiger partial charge on any atom is -0.336 e. The van der Waals surface area contributed by atoms with E-state index in [0.717, 1.165) is 12.8 Å². The van der Waals surface area contributed by atoms with Gasteiger partial charge >= 0.3 is 0 Å².